The monoisotopic (exact) mass is 211 g/mol. The maximum Gasteiger partial charge on any atom is 0.234 e. The molecule has 5 heteroatoms. The lowest BCUT2D eigenvalue weighted by molar-refractivity contribution is -0.120. The Kier molecular flexibility index (Phi) is 4.53. The van der Waals surface area contributed by atoms with Gasteiger partial charge in [-0.05, 0) is 19.3 Å². The first kappa shape index (κ1) is 12.0. The lowest BCUT2D eigenvalue weighted by Crippen LogP contribution is -2.56. The van der Waals surface area contributed by atoms with E-state index in [1.165, 1.54) is 0 Å². The van der Waals surface area contributed by atoms with Gasteiger partial charge in [-0.25, -0.2) is 0 Å². The van der Waals surface area contributed by atoms with Crippen molar-refractivity contribution in [2.24, 2.45) is 0 Å². The van der Waals surface area contributed by atoms with Crippen molar-refractivity contribution < 1.29 is 9.90 Å². The Hall–Kier alpha value is -1.12. The standard InChI is InChI=1S/C10H17N3O2/c11-5-2-6-12-9(15)7-13-10(8-14)3-1-4-10/h13-14H,1-4,6-8H2,(H,12,15). The van der Waals surface area contributed by atoms with Crippen molar-refractivity contribution in [1.82, 2.24) is 10.6 Å². The molecule has 15 heavy (non-hydrogen) atoms. The first-order valence-electron chi connectivity index (χ1n) is 5.22. The molecule has 1 rings (SSSR count). The predicted octanol–water partition coefficient (Wildman–Crippen LogP) is -0.479. The minimum atomic E-state index is -0.230. The first-order chi connectivity index (χ1) is 7.22. The van der Waals surface area contributed by atoms with Crippen LogP contribution in [-0.4, -0.2) is 36.2 Å². The minimum absolute atomic E-state index is 0.0818. The van der Waals surface area contributed by atoms with E-state index in [1.807, 2.05) is 6.07 Å². The van der Waals surface area contributed by atoms with Gasteiger partial charge in [-0.2, -0.15) is 5.26 Å². The molecule has 0 aliphatic heterocycles. The molecular weight excluding hydrogens is 194 g/mol. The molecule has 0 atom stereocenters. The van der Waals surface area contributed by atoms with Crippen molar-refractivity contribution >= 4 is 5.91 Å². The third-order valence-electron chi connectivity index (χ3n) is 2.80. The number of aliphatic hydroxyl groups excluding tert-OH is 1. The van der Waals surface area contributed by atoms with Crippen LogP contribution in [0.2, 0.25) is 0 Å². The summed E-state index contributed by atoms with van der Waals surface area (Å²) < 4.78 is 0. The van der Waals surface area contributed by atoms with Crippen LogP contribution in [0.25, 0.3) is 0 Å². The molecule has 0 radical (unpaired) electrons. The summed E-state index contributed by atoms with van der Waals surface area (Å²) in [5.41, 5.74) is -0.230. The van der Waals surface area contributed by atoms with Crippen LogP contribution < -0.4 is 10.6 Å². The summed E-state index contributed by atoms with van der Waals surface area (Å²) in [6, 6.07) is 1.95. The van der Waals surface area contributed by atoms with Crippen molar-refractivity contribution in [3.63, 3.8) is 0 Å². The summed E-state index contributed by atoms with van der Waals surface area (Å²) in [4.78, 5) is 11.3. The molecule has 84 valence electrons. The van der Waals surface area contributed by atoms with Gasteiger partial charge in [0.1, 0.15) is 0 Å². The van der Waals surface area contributed by atoms with E-state index in [2.05, 4.69) is 10.6 Å². The second kappa shape index (κ2) is 5.69. The van der Waals surface area contributed by atoms with Crippen molar-refractivity contribution in [1.29, 1.82) is 5.26 Å². The van der Waals surface area contributed by atoms with Crippen LogP contribution in [0.4, 0.5) is 0 Å². The number of aliphatic hydroxyl groups is 1. The maximum atomic E-state index is 11.3. The molecule has 5 nitrogen and oxygen atoms in total. The highest BCUT2D eigenvalue weighted by Gasteiger charge is 2.35. The molecule has 0 unspecified atom stereocenters. The smallest absolute Gasteiger partial charge is 0.234 e. The molecule has 0 aromatic rings. The Morgan fingerprint density at radius 1 is 1.53 bits per heavy atom. The summed E-state index contributed by atoms with van der Waals surface area (Å²) in [7, 11) is 0. The summed E-state index contributed by atoms with van der Waals surface area (Å²) in [5, 5.41) is 23.1. The maximum absolute atomic E-state index is 11.3. The van der Waals surface area contributed by atoms with E-state index in [9.17, 15) is 4.79 Å². The number of carbonyl (C=O) groups excluding carboxylic acids is 1. The lowest BCUT2D eigenvalue weighted by atomic mass is 9.77. The average Bonchev–Trinajstić information content (AvgIpc) is 2.17. The van der Waals surface area contributed by atoms with Gasteiger partial charge in [-0.3, -0.25) is 4.79 Å². The topological polar surface area (TPSA) is 85.2 Å². The molecule has 0 spiro atoms. The first-order valence-corrected chi connectivity index (χ1v) is 5.22. The lowest BCUT2D eigenvalue weighted by Gasteiger charge is -2.41. The molecule has 0 saturated heterocycles. The number of carbonyl (C=O) groups is 1. The summed E-state index contributed by atoms with van der Waals surface area (Å²) in [6.07, 6.45) is 3.28. The predicted molar refractivity (Wildman–Crippen MR) is 54.9 cm³/mol. The fourth-order valence-corrected chi connectivity index (χ4v) is 1.58. The highest BCUT2D eigenvalue weighted by Crippen LogP contribution is 2.30. The zero-order valence-corrected chi connectivity index (χ0v) is 8.75. The molecule has 0 aromatic heterocycles. The van der Waals surface area contributed by atoms with E-state index in [1.54, 1.807) is 0 Å². The third kappa shape index (κ3) is 3.50. The second-order valence-corrected chi connectivity index (χ2v) is 3.90. The van der Waals surface area contributed by atoms with E-state index < -0.39 is 0 Å². The number of hydrogen-bond donors (Lipinski definition) is 3. The number of amides is 1. The van der Waals surface area contributed by atoms with Crippen LogP contribution in [0, 0.1) is 11.3 Å². The summed E-state index contributed by atoms with van der Waals surface area (Å²) in [6.45, 7) is 0.688. The van der Waals surface area contributed by atoms with E-state index in [-0.39, 0.29) is 24.6 Å². The molecule has 0 bridgehead atoms. The highest BCUT2D eigenvalue weighted by atomic mass is 16.3. The number of rotatable bonds is 6. The van der Waals surface area contributed by atoms with Gasteiger partial charge in [0.05, 0.1) is 25.6 Å². The van der Waals surface area contributed by atoms with E-state index in [0.717, 1.165) is 19.3 Å². The number of hydrogen-bond acceptors (Lipinski definition) is 4. The van der Waals surface area contributed by atoms with Crippen molar-refractivity contribution in [3.05, 3.63) is 0 Å². The van der Waals surface area contributed by atoms with Crippen molar-refractivity contribution in [2.75, 3.05) is 19.7 Å². The number of nitrogens with zero attached hydrogens (tertiary/aromatic N) is 1. The zero-order valence-electron chi connectivity index (χ0n) is 8.75. The Morgan fingerprint density at radius 2 is 2.27 bits per heavy atom. The van der Waals surface area contributed by atoms with Crippen LogP contribution in [0.15, 0.2) is 0 Å². The summed E-state index contributed by atoms with van der Waals surface area (Å²) >= 11 is 0. The Balaban J connectivity index is 2.13. The van der Waals surface area contributed by atoms with Gasteiger partial charge in [0.15, 0.2) is 0 Å². The fraction of sp³-hybridized carbons (Fsp3) is 0.800. The third-order valence-corrected chi connectivity index (χ3v) is 2.80. The molecule has 1 fully saturated rings. The van der Waals surface area contributed by atoms with Gasteiger partial charge in [0, 0.05) is 12.1 Å². The molecule has 1 amide bonds. The molecule has 3 N–H and O–H groups in total. The van der Waals surface area contributed by atoms with Crippen LogP contribution in [0.3, 0.4) is 0 Å². The van der Waals surface area contributed by atoms with Crippen LogP contribution in [0.1, 0.15) is 25.7 Å². The zero-order chi connectivity index (χ0) is 11.1. The minimum Gasteiger partial charge on any atom is -0.394 e. The average molecular weight is 211 g/mol. The van der Waals surface area contributed by atoms with Gasteiger partial charge >= 0.3 is 0 Å². The Bertz CT molecular complexity index is 250. The van der Waals surface area contributed by atoms with Gasteiger partial charge in [-0.15, -0.1) is 0 Å². The normalized spacial score (nSPS) is 17.6. The molecule has 1 aliphatic carbocycles. The SMILES string of the molecule is N#CCCNC(=O)CNC1(CO)CCC1. The van der Waals surface area contributed by atoms with Crippen molar-refractivity contribution in [3.8, 4) is 6.07 Å². The largest absolute Gasteiger partial charge is 0.394 e. The molecular formula is C10H17N3O2. The quantitative estimate of drug-likeness (QED) is 0.518. The van der Waals surface area contributed by atoms with Gasteiger partial charge < -0.3 is 15.7 Å². The molecule has 1 aliphatic rings. The fourth-order valence-electron chi connectivity index (χ4n) is 1.58. The number of nitrogens with one attached hydrogen (secondary N) is 2. The number of nitriles is 1. The Morgan fingerprint density at radius 3 is 2.73 bits per heavy atom. The molecule has 0 heterocycles. The highest BCUT2D eigenvalue weighted by molar-refractivity contribution is 5.78. The molecule has 1 saturated carbocycles. The molecule has 0 aromatic carbocycles. The van der Waals surface area contributed by atoms with Gasteiger partial charge in [0.25, 0.3) is 0 Å². The van der Waals surface area contributed by atoms with E-state index >= 15 is 0 Å². The van der Waals surface area contributed by atoms with E-state index in [4.69, 9.17) is 10.4 Å². The second-order valence-electron chi connectivity index (χ2n) is 3.90. The van der Waals surface area contributed by atoms with Crippen molar-refractivity contribution in [2.45, 2.75) is 31.2 Å². The van der Waals surface area contributed by atoms with Crippen LogP contribution >= 0.6 is 0 Å². The van der Waals surface area contributed by atoms with Gasteiger partial charge in [0.2, 0.25) is 5.91 Å². The summed E-state index contributed by atoms with van der Waals surface area (Å²) in [5.74, 6) is -0.120. The van der Waals surface area contributed by atoms with Crippen LogP contribution in [-0.2, 0) is 4.79 Å². The van der Waals surface area contributed by atoms with E-state index in [0.29, 0.717) is 13.0 Å². The van der Waals surface area contributed by atoms with Gasteiger partial charge in [-0.1, -0.05) is 0 Å². The van der Waals surface area contributed by atoms with Crippen LogP contribution in [0.5, 0.6) is 0 Å². The Labute approximate surface area is 89.5 Å².